The van der Waals surface area contributed by atoms with E-state index in [1.165, 1.54) is 36.8 Å². The molecule has 0 aliphatic heterocycles. The molecule has 0 heterocycles. The van der Waals surface area contributed by atoms with Crippen molar-refractivity contribution in [2.24, 2.45) is 0 Å². The van der Waals surface area contributed by atoms with Crippen molar-refractivity contribution in [2.45, 2.75) is 52.2 Å². The molecule has 1 N–H and O–H groups in total. The van der Waals surface area contributed by atoms with Crippen LogP contribution in [0.25, 0.3) is 0 Å². The van der Waals surface area contributed by atoms with Crippen molar-refractivity contribution in [1.82, 2.24) is 0 Å². The van der Waals surface area contributed by atoms with Gasteiger partial charge in [-0.15, -0.1) is 0 Å². The molecule has 0 atom stereocenters. The van der Waals surface area contributed by atoms with Crippen LogP contribution in [0.2, 0.25) is 0 Å². The van der Waals surface area contributed by atoms with E-state index in [0.29, 0.717) is 6.61 Å². The fraction of sp³-hybridized carbons (Fsp3) is 0.333. The minimum absolute atomic E-state index is 0.574. The Bertz CT molecular complexity index is 846. The van der Waals surface area contributed by atoms with Gasteiger partial charge in [0.25, 0.3) is 0 Å². The number of unbranched alkanes of at least 4 members (excludes halogenated alkanes) is 4. The van der Waals surface area contributed by atoms with Gasteiger partial charge in [0.15, 0.2) is 0 Å². The fourth-order valence-electron chi connectivity index (χ4n) is 3.24. The molecule has 30 heavy (non-hydrogen) atoms. The van der Waals surface area contributed by atoms with Crippen LogP contribution in [0.15, 0.2) is 78.9 Å². The second kappa shape index (κ2) is 12.6. The van der Waals surface area contributed by atoms with Crippen LogP contribution in [0.4, 0.5) is 5.69 Å². The van der Waals surface area contributed by atoms with E-state index in [-0.39, 0.29) is 0 Å². The van der Waals surface area contributed by atoms with E-state index in [2.05, 4.69) is 54.7 Å². The summed E-state index contributed by atoms with van der Waals surface area (Å²) >= 11 is 0. The van der Waals surface area contributed by atoms with Crippen LogP contribution in [-0.2, 0) is 13.2 Å². The van der Waals surface area contributed by atoms with E-state index < -0.39 is 0 Å². The van der Waals surface area contributed by atoms with Gasteiger partial charge < -0.3 is 14.8 Å². The first kappa shape index (κ1) is 21.8. The molecule has 3 rings (SSSR count). The molecule has 0 spiro atoms. The highest BCUT2D eigenvalue weighted by Crippen LogP contribution is 2.20. The molecular weight excluding hydrogens is 370 g/mol. The van der Waals surface area contributed by atoms with Crippen molar-refractivity contribution >= 4 is 5.69 Å². The van der Waals surface area contributed by atoms with Crippen LogP contribution in [0.3, 0.4) is 0 Å². The van der Waals surface area contributed by atoms with Crippen LogP contribution < -0.4 is 14.8 Å². The van der Waals surface area contributed by atoms with Gasteiger partial charge in [0.1, 0.15) is 18.1 Å². The molecule has 0 aliphatic rings. The maximum Gasteiger partial charge on any atom is 0.121 e. The maximum absolute atomic E-state index is 5.91. The highest BCUT2D eigenvalue weighted by molar-refractivity contribution is 5.48. The van der Waals surface area contributed by atoms with Crippen molar-refractivity contribution < 1.29 is 9.47 Å². The summed E-state index contributed by atoms with van der Waals surface area (Å²) in [4.78, 5) is 0. The minimum Gasteiger partial charge on any atom is -0.494 e. The number of anilines is 1. The Kier molecular flexibility index (Phi) is 9.13. The van der Waals surface area contributed by atoms with Gasteiger partial charge in [0.05, 0.1) is 6.61 Å². The third kappa shape index (κ3) is 7.82. The second-order valence-corrected chi connectivity index (χ2v) is 7.56. The molecule has 0 fully saturated rings. The summed E-state index contributed by atoms with van der Waals surface area (Å²) in [6.45, 7) is 4.38. The lowest BCUT2D eigenvalue weighted by molar-refractivity contribution is 0.304. The molecule has 158 valence electrons. The summed E-state index contributed by atoms with van der Waals surface area (Å²) in [5, 5.41) is 3.47. The highest BCUT2D eigenvalue weighted by atomic mass is 16.5. The Morgan fingerprint density at radius 2 is 1.47 bits per heavy atom. The topological polar surface area (TPSA) is 30.5 Å². The van der Waals surface area contributed by atoms with Crippen molar-refractivity contribution in [3.05, 3.63) is 90.0 Å². The van der Waals surface area contributed by atoms with Gasteiger partial charge >= 0.3 is 0 Å². The lowest BCUT2D eigenvalue weighted by Gasteiger charge is -2.11. The number of ether oxygens (including phenoxy) is 2. The first-order chi connectivity index (χ1) is 14.8. The average molecular weight is 404 g/mol. The van der Waals surface area contributed by atoms with Crippen LogP contribution in [0.5, 0.6) is 11.5 Å². The van der Waals surface area contributed by atoms with Crippen molar-refractivity contribution in [3.8, 4) is 11.5 Å². The number of benzene rings is 3. The predicted octanol–water partition coefficient (Wildman–Crippen LogP) is 7.23. The van der Waals surface area contributed by atoms with Gasteiger partial charge in [0, 0.05) is 18.3 Å². The zero-order valence-electron chi connectivity index (χ0n) is 18.0. The van der Waals surface area contributed by atoms with Crippen LogP contribution in [-0.4, -0.2) is 6.61 Å². The normalized spacial score (nSPS) is 10.6. The molecule has 0 aliphatic carbocycles. The van der Waals surface area contributed by atoms with E-state index in [0.717, 1.165) is 36.8 Å². The summed E-state index contributed by atoms with van der Waals surface area (Å²) < 4.78 is 11.8. The monoisotopic (exact) mass is 403 g/mol. The quantitative estimate of drug-likeness (QED) is 0.305. The maximum atomic E-state index is 5.91. The molecule has 0 amide bonds. The van der Waals surface area contributed by atoms with Gasteiger partial charge in [-0.25, -0.2) is 0 Å². The van der Waals surface area contributed by atoms with E-state index in [4.69, 9.17) is 9.47 Å². The molecule has 0 saturated heterocycles. The first-order valence-electron chi connectivity index (χ1n) is 11.1. The average Bonchev–Trinajstić information content (AvgIpc) is 2.80. The van der Waals surface area contributed by atoms with Crippen molar-refractivity contribution in [2.75, 3.05) is 11.9 Å². The molecule has 0 saturated carbocycles. The second-order valence-electron chi connectivity index (χ2n) is 7.56. The lowest BCUT2D eigenvalue weighted by atomic mass is 10.2. The molecular formula is C27H33NO2. The van der Waals surface area contributed by atoms with Gasteiger partial charge in [-0.3, -0.25) is 0 Å². The molecule has 3 aromatic rings. The summed E-state index contributed by atoms with van der Waals surface area (Å²) in [7, 11) is 0. The Balaban J connectivity index is 1.40. The zero-order valence-corrected chi connectivity index (χ0v) is 18.0. The molecule has 3 aromatic carbocycles. The van der Waals surface area contributed by atoms with Gasteiger partial charge in [-0.05, 0) is 41.8 Å². The third-order valence-corrected chi connectivity index (χ3v) is 5.02. The predicted molar refractivity (Wildman–Crippen MR) is 125 cm³/mol. The van der Waals surface area contributed by atoms with Gasteiger partial charge in [0.2, 0.25) is 0 Å². The highest BCUT2D eigenvalue weighted by Gasteiger charge is 2.00. The summed E-state index contributed by atoms with van der Waals surface area (Å²) in [5.41, 5.74) is 3.44. The Morgan fingerprint density at radius 3 is 2.27 bits per heavy atom. The van der Waals surface area contributed by atoms with Gasteiger partial charge in [-0.1, -0.05) is 81.1 Å². The van der Waals surface area contributed by atoms with Crippen molar-refractivity contribution in [3.63, 3.8) is 0 Å². The molecule has 0 radical (unpaired) electrons. The fourth-order valence-corrected chi connectivity index (χ4v) is 3.24. The first-order valence-corrected chi connectivity index (χ1v) is 11.1. The molecule has 0 aromatic heterocycles. The Morgan fingerprint density at radius 1 is 0.667 bits per heavy atom. The minimum atomic E-state index is 0.574. The third-order valence-electron chi connectivity index (χ3n) is 5.02. The number of nitrogens with one attached hydrogen (secondary N) is 1. The van der Waals surface area contributed by atoms with Crippen LogP contribution >= 0.6 is 0 Å². The smallest absolute Gasteiger partial charge is 0.121 e. The van der Waals surface area contributed by atoms with E-state index in [9.17, 15) is 0 Å². The van der Waals surface area contributed by atoms with E-state index in [1.54, 1.807) is 0 Å². The molecule has 3 nitrogen and oxygen atoms in total. The molecule has 0 bridgehead atoms. The standard InChI is InChI=1S/C27H33NO2/c1-2-3-4-5-9-19-29-26-17-15-23(16-18-26)21-28-25-13-10-14-27(20-25)30-22-24-11-7-6-8-12-24/h6-8,10-18,20,28H,2-5,9,19,21-22H2,1H3. The molecule has 3 heteroatoms. The summed E-state index contributed by atoms with van der Waals surface area (Å²) in [6.07, 6.45) is 6.30. The van der Waals surface area contributed by atoms with Crippen molar-refractivity contribution in [1.29, 1.82) is 0 Å². The number of hydrogen-bond acceptors (Lipinski definition) is 3. The SMILES string of the molecule is CCCCCCCOc1ccc(CNc2cccc(OCc3ccccc3)c2)cc1. The largest absolute Gasteiger partial charge is 0.494 e. The zero-order chi connectivity index (χ0) is 20.9. The van der Waals surface area contributed by atoms with Gasteiger partial charge in [-0.2, -0.15) is 0 Å². The number of hydrogen-bond donors (Lipinski definition) is 1. The number of rotatable bonds is 13. The summed E-state index contributed by atoms with van der Waals surface area (Å²) in [5.74, 6) is 1.82. The lowest BCUT2D eigenvalue weighted by Crippen LogP contribution is -2.01. The van der Waals surface area contributed by atoms with Crippen LogP contribution in [0, 0.1) is 0 Å². The van der Waals surface area contributed by atoms with E-state index >= 15 is 0 Å². The van der Waals surface area contributed by atoms with E-state index in [1.807, 2.05) is 36.4 Å². The summed E-state index contributed by atoms with van der Waals surface area (Å²) in [6, 6.07) is 26.7. The Hall–Kier alpha value is -2.94. The van der Waals surface area contributed by atoms with Crippen LogP contribution in [0.1, 0.15) is 50.2 Å². The Labute approximate surface area is 181 Å². The molecule has 0 unspecified atom stereocenters.